The molecule has 19 heavy (non-hydrogen) atoms. The molecule has 0 amide bonds. The molecule has 1 fully saturated rings. The second-order valence-electron chi connectivity index (χ2n) is 5.28. The molecular weight excluding hydrogens is 261 g/mol. The van der Waals surface area contributed by atoms with Crippen LogP contribution in [-0.4, -0.2) is 13.1 Å². The lowest BCUT2D eigenvalue weighted by molar-refractivity contribution is 0.446. The Balaban J connectivity index is 2.09. The van der Waals surface area contributed by atoms with Crippen LogP contribution in [0.25, 0.3) is 10.1 Å². The van der Waals surface area contributed by atoms with Crippen LogP contribution in [0.4, 0.5) is 10.1 Å². The molecule has 0 spiro atoms. The highest BCUT2D eigenvalue weighted by molar-refractivity contribution is 7.16. The number of hydrogen-bond donors (Lipinski definition) is 0. The van der Waals surface area contributed by atoms with Gasteiger partial charge in [-0.1, -0.05) is 6.92 Å². The second kappa shape index (κ2) is 4.93. The largest absolute Gasteiger partial charge is 0.367 e. The van der Waals surface area contributed by atoms with Crippen molar-refractivity contribution >= 4 is 27.1 Å². The van der Waals surface area contributed by atoms with Crippen molar-refractivity contribution < 1.29 is 4.39 Å². The SMILES string of the molecule is C[C@H]1CCCN(c2csc3ccc(F)cc3c2=O)C1. The molecule has 1 aromatic carbocycles. The molecule has 2 aromatic rings. The van der Waals surface area contributed by atoms with Crippen molar-refractivity contribution in [1.82, 2.24) is 0 Å². The molecule has 0 unspecified atom stereocenters. The lowest BCUT2D eigenvalue weighted by Gasteiger charge is -2.32. The second-order valence-corrected chi connectivity index (χ2v) is 6.20. The van der Waals surface area contributed by atoms with E-state index >= 15 is 0 Å². The third kappa shape index (κ3) is 2.37. The van der Waals surface area contributed by atoms with Gasteiger partial charge in [-0.25, -0.2) is 4.39 Å². The molecule has 1 aromatic heterocycles. The van der Waals surface area contributed by atoms with Crippen LogP contribution in [0.3, 0.4) is 0 Å². The topological polar surface area (TPSA) is 20.3 Å². The molecule has 0 aliphatic carbocycles. The molecule has 2 heterocycles. The van der Waals surface area contributed by atoms with Crippen LogP contribution in [0.15, 0.2) is 28.4 Å². The van der Waals surface area contributed by atoms with E-state index in [1.165, 1.54) is 29.9 Å². The van der Waals surface area contributed by atoms with Crippen LogP contribution in [0.2, 0.25) is 0 Å². The van der Waals surface area contributed by atoms with Crippen molar-refractivity contribution in [2.45, 2.75) is 19.8 Å². The van der Waals surface area contributed by atoms with Crippen molar-refractivity contribution in [3.63, 3.8) is 0 Å². The Kier molecular flexibility index (Phi) is 3.27. The zero-order chi connectivity index (χ0) is 13.4. The minimum atomic E-state index is -0.346. The average molecular weight is 277 g/mol. The number of halogens is 1. The highest BCUT2D eigenvalue weighted by atomic mass is 32.1. The van der Waals surface area contributed by atoms with E-state index in [2.05, 4.69) is 11.8 Å². The number of fused-ring (bicyclic) bond motifs is 1. The summed E-state index contributed by atoms with van der Waals surface area (Å²) in [5.41, 5.74) is 0.692. The minimum Gasteiger partial charge on any atom is -0.367 e. The molecule has 0 radical (unpaired) electrons. The van der Waals surface area contributed by atoms with Crippen molar-refractivity contribution in [2.75, 3.05) is 18.0 Å². The van der Waals surface area contributed by atoms with Gasteiger partial charge in [0.05, 0.1) is 5.69 Å². The Labute approximate surface area is 115 Å². The maximum absolute atomic E-state index is 13.3. The Morgan fingerprint density at radius 3 is 3.05 bits per heavy atom. The molecule has 0 N–H and O–H groups in total. The lowest BCUT2D eigenvalue weighted by atomic mass is 10.00. The molecule has 2 nitrogen and oxygen atoms in total. The van der Waals surface area contributed by atoms with Gasteiger partial charge in [0.2, 0.25) is 5.43 Å². The number of rotatable bonds is 1. The number of nitrogens with zero attached hydrogens (tertiary/aromatic N) is 1. The standard InChI is InChI=1S/C15H16FNOS/c1-10-3-2-6-17(8-10)13-9-19-14-5-4-11(16)7-12(14)15(13)18/h4-5,7,9-10H,2-3,6,8H2,1H3/t10-/m0/s1. The van der Waals surface area contributed by atoms with E-state index in [4.69, 9.17) is 0 Å². The molecule has 3 rings (SSSR count). The van der Waals surface area contributed by atoms with E-state index in [0.717, 1.165) is 29.9 Å². The van der Waals surface area contributed by atoms with Crippen LogP contribution in [-0.2, 0) is 0 Å². The quantitative estimate of drug-likeness (QED) is 0.793. The third-order valence-electron chi connectivity index (χ3n) is 3.71. The van der Waals surface area contributed by atoms with Crippen molar-refractivity contribution in [3.05, 3.63) is 39.6 Å². The summed E-state index contributed by atoms with van der Waals surface area (Å²) in [5.74, 6) is 0.266. The van der Waals surface area contributed by atoms with Gasteiger partial charge in [-0.15, -0.1) is 11.3 Å². The minimum absolute atomic E-state index is 0.0395. The Bertz CT molecular complexity index is 667. The van der Waals surface area contributed by atoms with Crippen LogP contribution >= 0.6 is 11.3 Å². The maximum Gasteiger partial charge on any atom is 0.211 e. The number of anilines is 1. The summed E-state index contributed by atoms with van der Waals surface area (Å²) in [5, 5.41) is 2.42. The van der Waals surface area contributed by atoms with Crippen LogP contribution in [0.1, 0.15) is 19.8 Å². The van der Waals surface area contributed by atoms with Crippen molar-refractivity contribution in [3.8, 4) is 0 Å². The monoisotopic (exact) mass is 277 g/mol. The predicted molar refractivity (Wildman–Crippen MR) is 78.7 cm³/mol. The first-order chi connectivity index (χ1) is 9.15. The first-order valence-corrected chi connectivity index (χ1v) is 7.49. The average Bonchev–Trinajstić information content (AvgIpc) is 2.40. The van der Waals surface area contributed by atoms with E-state index in [1.807, 2.05) is 5.38 Å². The highest BCUT2D eigenvalue weighted by Crippen LogP contribution is 2.25. The first-order valence-electron chi connectivity index (χ1n) is 6.61. The molecule has 1 atom stereocenters. The molecule has 1 saturated heterocycles. The molecule has 100 valence electrons. The fourth-order valence-corrected chi connectivity index (χ4v) is 3.64. The first kappa shape index (κ1) is 12.6. The fourth-order valence-electron chi connectivity index (χ4n) is 2.72. The maximum atomic E-state index is 13.3. The summed E-state index contributed by atoms with van der Waals surface area (Å²) >= 11 is 1.51. The van der Waals surface area contributed by atoms with Gasteiger partial charge in [0.15, 0.2) is 0 Å². The summed E-state index contributed by atoms with van der Waals surface area (Å²) in [4.78, 5) is 14.6. The van der Waals surface area contributed by atoms with Gasteiger partial charge in [0, 0.05) is 28.6 Å². The zero-order valence-corrected chi connectivity index (χ0v) is 11.7. The molecule has 4 heteroatoms. The molecule has 0 bridgehead atoms. The highest BCUT2D eigenvalue weighted by Gasteiger charge is 2.19. The van der Waals surface area contributed by atoms with E-state index in [9.17, 15) is 9.18 Å². The summed E-state index contributed by atoms with van der Waals surface area (Å²) in [6.07, 6.45) is 2.34. The van der Waals surface area contributed by atoms with E-state index in [0.29, 0.717) is 11.3 Å². The Hall–Kier alpha value is -1.42. The van der Waals surface area contributed by atoms with Crippen LogP contribution < -0.4 is 10.3 Å². The van der Waals surface area contributed by atoms with E-state index in [-0.39, 0.29) is 11.2 Å². The van der Waals surface area contributed by atoms with Gasteiger partial charge in [-0.2, -0.15) is 0 Å². The normalized spacial score (nSPS) is 19.9. The van der Waals surface area contributed by atoms with Gasteiger partial charge in [0.1, 0.15) is 5.82 Å². The molecule has 1 aliphatic rings. The summed E-state index contributed by atoms with van der Waals surface area (Å²) in [7, 11) is 0. The molecular formula is C15H16FNOS. The Morgan fingerprint density at radius 1 is 1.42 bits per heavy atom. The lowest BCUT2D eigenvalue weighted by Crippen LogP contribution is -2.36. The van der Waals surface area contributed by atoms with Crippen LogP contribution in [0.5, 0.6) is 0 Å². The van der Waals surface area contributed by atoms with Gasteiger partial charge in [0.25, 0.3) is 0 Å². The smallest absolute Gasteiger partial charge is 0.211 e. The predicted octanol–water partition coefficient (Wildman–Crippen LogP) is 3.64. The van der Waals surface area contributed by atoms with Crippen LogP contribution in [0, 0.1) is 11.7 Å². The van der Waals surface area contributed by atoms with Gasteiger partial charge in [-0.3, -0.25) is 4.79 Å². The van der Waals surface area contributed by atoms with Crippen molar-refractivity contribution in [2.24, 2.45) is 5.92 Å². The van der Waals surface area contributed by atoms with E-state index in [1.54, 1.807) is 6.07 Å². The molecule has 0 saturated carbocycles. The summed E-state index contributed by atoms with van der Waals surface area (Å²) in [6.45, 7) is 4.05. The molecule has 1 aliphatic heterocycles. The Morgan fingerprint density at radius 2 is 2.26 bits per heavy atom. The fraction of sp³-hybridized carbons (Fsp3) is 0.400. The zero-order valence-electron chi connectivity index (χ0n) is 10.9. The van der Waals surface area contributed by atoms with Gasteiger partial charge in [-0.05, 0) is 37.0 Å². The number of hydrogen-bond acceptors (Lipinski definition) is 3. The van der Waals surface area contributed by atoms with E-state index < -0.39 is 0 Å². The van der Waals surface area contributed by atoms with Crippen molar-refractivity contribution in [1.29, 1.82) is 0 Å². The van der Waals surface area contributed by atoms with Gasteiger partial charge >= 0.3 is 0 Å². The summed E-state index contributed by atoms with van der Waals surface area (Å²) < 4.78 is 14.2. The third-order valence-corrected chi connectivity index (χ3v) is 4.67. The summed E-state index contributed by atoms with van der Waals surface area (Å²) in [6, 6.07) is 4.44. The number of piperidine rings is 1. The van der Waals surface area contributed by atoms with Gasteiger partial charge < -0.3 is 4.90 Å². The number of benzene rings is 1.